The van der Waals surface area contributed by atoms with Gasteiger partial charge in [-0.1, -0.05) is 29.3 Å². The standard InChI is InChI=1S/C14H14BrCl2NOS/c1-9(14-3-2-6-20-14)18-4-5-19-13-8-11(16)10(15)7-12(13)17/h2-3,6-9,18H,4-5H2,1H3. The van der Waals surface area contributed by atoms with E-state index in [0.29, 0.717) is 28.4 Å². The van der Waals surface area contributed by atoms with Crippen LogP contribution in [0, 0.1) is 0 Å². The van der Waals surface area contributed by atoms with E-state index >= 15 is 0 Å². The number of benzene rings is 1. The van der Waals surface area contributed by atoms with Crippen molar-refractivity contribution in [2.45, 2.75) is 13.0 Å². The number of ether oxygens (including phenoxy) is 1. The summed E-state index contributed by atoms with van der Waals surface area (Å²) in [4.78, 5) is 1.31. The third-order valence-electron chi connectivity index (χ3n) is 2.75. The Kier molecular flexibility index (Phi) is 6.18. The Morgan fingerprint density at radius 2 is 2.15 bits per heavy atom. The minimum Gasteiger partial charge on any atom is -0.491 e. The lowest BCUT2D eigenvalue weighted by Gasteiger charge is -2.13. The van der Waals surface area contributed by atoms with Crippen LogP contribution in [0.25, 0.3) is 0 Å². The predicted octanol–water partition coefficient (Wildman–Crippen LogP) is 5.55. The second kappa shape index (κ2) is 7.66. The molecular weight excluding hydrogens is 381 g/mol. The van der Waals surface area contributed by atoms with Gasteiger partial charge in [-0.2, -0.15) is 0 Å². The maximum atomic E-state index is 6.09. The van der Waals surface area contributed by atoms with E-state index in [0.717, 1.165) is 11.0 Å². The second-order valence-electron chi connectivity index (χ2n) is 4.24. The van der Waals surface area contributed by atoms with Crippen molar-refractivity contribution < 1.29 is 4.74 Å². The van der Waals surface area contributed by atoms with Gasteiger partial charge in [-0.05, 0) is 40.4 Å². The summed E-state index contributed by atoms with van der Waals surface area (Å²) in [5.41, 5.74) is 0. The molecule has 1 unspecified atom stereocenters. The number of hydrogen-bond donors (Lipinski definition) is 1. The molecule has 0 saturated carbocycles. The maximum absolute atomic E-state index is 6.09. The second-order valence-corrected chi connectivity index (χ2v) is 6.88. The Morgan fingerprint density at radius 3 is 2.85 bits per heavy atom. The van der Waals surface area contributed by atoms with E-state index in [1.165, 1.54) is 4.88 Å². The highest BCUT2D eigenvalue weighted by Crippen LogP contribution is 2.33. The van der Waals surface area contributed by atoms with E-state index in [2.05, 4.69) is 45.7 Å². The van der Waals surface area contributed by atoms with Crippen LogP contribution in [0.15, 0.2) is 34.1 Å². The summed E-state index contributed by atoms with van der Waals surface area (Å²) in [5, 5.41) is 6.61. The molecule has 0 bridgehead atoms. The lowest BCUT2D eigenvalue weighted by atomic mass is 10.3. The van der Waals surface area contributed by atoms with Crippen molar-refractivity contribution in [1.29, 1.82) is 0 Å². The number of halogens is 3. The molecule has 108 valence electrons. The van der Waals surface area contributed by atoms with Gasteiger partial charge in [-0.3, -0.25) is 0 Å². The molecule has 0 spiro atoms. The van der Waals surface area contributed by atoms with E-state index in [1.807, 2.05) is 0 Å². The van der Waals surface area contributed by atoms with Gasteiger partial charge in [0.1, 0.15) is 12.4 Å². The molecule has 20 heavy (non-hydrogen) atoms. The van der Waals surface area contributed by atoms with Gasteiger partial charge in [0.05, 0.1) is 10.0 Å². The van der Waals surface area contributed by atoms with Crippen LogP contribution in [0.5, 0.6) is 5.75 Å². The van der Waals surface area contributed by atoms with Crippen molar-refractivity contribution in [1.82, 2.24) is 5.32 Å². The van der Waals surface area contributed by atoms with Crippen molar-refractivity contribution in [2.24, 2.45) is 0 Å². The highest BCUT2D eigenvalue weighted by Gasteiger charge is 2.08. The molecule has 1 aromatic carbocycles. The Hall–Kier alpha value is -0.260. The zero-order valence-electron chi connectivity index (χ0n) is 10.8. The molecule has 0 fully saturated rings. The van der Waals surface area contributed by atoms with E-state index < -0.39 is 0 Å². The summed E-state index contributed by atoms with van der Waals surface area (Å²) in [6.07, 6.45) is 0. The third kappa shape index (κ3) is 4.37. The van der Waals surface area contributed by atoms with Crippen molar-refractivity contribution in [3.05, 3.63) is 49.0 Å². The molecule has 1 heterocycles. The molecular formula is C14H14BrCl2NOS. The molecule has 0 aliphatic heterocycles. The average Bonchev–Trinajstić information content (AvgIpc) is 2.94. The Bertz CT molecular complexity index is 563. The molecule has 1 aromatic heterocycles. The zero-order chi connectivity index (χ0) is 14.5. The van der Waals surface area contributed by atoms with Crippen molar-refractivity contribution >= 4 is 50.5 Å². The fourth-order valence-corrected chi connectivity index (χ4v) is 3.30. The minimum absolute atomic E-state index is 0.322. The number of rotatable bonds is 6. The van der Waals surface area contributed by atoms with Gasteiger partial charge in [0.25, 0.3) is 0 Å². The smallest absolute Gasteiger partial charge is 0.139 e. The molecule has 0 aliphatic rings. The van der Waals surface area contributed by atoms with E-state index in [9.17, 15) is 0 Å². The normalized spacial score (nSPS) is 12.4. The Morgan fingerprint density at radius 1 is 1.35 bits per heavy atom. The molecule has 2 aromatic rings. The first-order valence-electron chi connectivity index (χ1n) is 6.12. The van der Waals surface area contributed by atoms with Crippen LogP contribution in [0.4, 0.5) is 0 Å². The first-order chi connectivity index (χ1) is 9.58. The highest BCUT2D eigenvalue weighted by atomic mass is 79.9. The Labute approximate surface area is 141 Å². The minimum atomic E-state index is 0.322. The van der Waals surface area contributed by atoms with Gasteiger partial charge >= 0.3 is 0 Å². The largest absolute Gasteiger partial charge is 0.491 e. The molecule has 0 amide bonds. The molecule has 1 N–H and O–H groups in total. The van der Waals surface area contributed by atoms with Crippen molar-refractivity contribution in [3.63, 3.8) is 0 Å². The van der Waals surface area contributed by atoms with Crippen LogP contribution in [-0.4, -0.2) is 13.2 Å². The van der Waals surface area contributed by atoms with Crippen molar-refractivity contribution in [2.75, 3.05) is 13.2 Å². The predicted molar refractivity (Wildman–Crippen MR) is 90.4 cm³/mol. The number of hydrogen-bond acceptors (Lipinski definition) is 3. The molecule has 2 nitrogen and oxygen atoms in total. The number of nitrogens with one attached hydrogen (secondary N) is 1. The molecule has 0 aliphatic carbocycles. The van der Waals surface area contributed by atoms with Gasteiger partial charge in [-0.25, -0.2) is 0 Å². The van der Waals surface area contributed by atoms with Gasteiger partial charge in [0.15, 0.2) is 0 Å². The van der Waals surface area contributed by atoms with Crippen molar-refractivity contribution in [3.8, 4) is 5.75 Å². The van der Waals surface area contributed by atoms with Gasteiger partial charge < -0.3 is 10.1 Å². The Balaban J connectivity index is 1.80. The lowest BCUT2D eigenvalue weighted by molar-refractivity contribution is 0.308. The number of thiophene rings is 1. The first-order valence-corrected chi connectivity index (χ1v) is 8.55. The molecule has 0 radical (unpaired) electrons. The lowest BCUT2D eigenvalue weighted by Crippen LogP contribution is -2.23. The third-order valence-corrected chi connectivity index (χ3v) is 5.30. The topological polar surface area (TPSA) is 21.3 Å². The fraction of sp³-hybridized carbons (Fsp3) is 0.286. The maximum Gasteiger partial charge on any atom is 0.139 e. The summed E-state index contributed by atoms with van der Waals surface area (Å²) < 4.78 is 6.41. The summed E-state index contributed by atoms with van der Waals surface area (Å²) in [6, 6.07) is 7.95. The van der Waals surface area contributed by atoms with Crippen LogP contribution >= 0.6 is 50.5 Å². The van der Waals surface area contributed by atoms with Crippen LogP contribution in [0.2, 0.25) is 10.0 Å². The summed E-state index contributed by atoms with van der Waals surface area (Å²) in [6.45, 7) is 3.41. The first kappa shape index (κ1) is 16.1. The van der Waals surface area contributed by atoms with E-state index in [4.69, 9.17) is 27.9 Å². The van der Waals surface area contributed by atoms with Gasteiger partial charge in [0, 0.05) is 28.0 Å². The summed E-state index contributed by atoms with van der Waals surface area (Å²) in [5.74, 6) is 0.602. The summed E-state index contributed by atoms with van der Waals surface area (Å²) in [7, 11) is 0. The monoisotopic (exact) mass is 393 g/mol. The van der Waals surface area contributed by atoms with Gasteiger partial charge in [-0.15, -0.1) is 11.3 Å². The fourth-order valence-electron chi connectivity index (χ4n) is 1.69. The zero-order valence-corrected chi connectivity index (χ0v) is 14.7. The summed E-state index contributed by atoms with van der Waals surface area (Å²) >= 11 is 17.2. The van der Waals surface area contributed by atoms with Crippen LogP contribution in [0.1, 0.15) is 17.8 Å². The molecule has 1 atom stereocenters. The van der Waals surface area contributed by atoms with Crippen LogP contribution in [-0.2, 0) is 0 Å². The highest BCUT2D eigenvalue weighted by molar-refractivity contribution is 9.10. The quantitative estimate of drug-likeness (QED) is 0.512. The molecule has 6 heteroatoms. The van der Waals surface area contributed by atoms with E-state index in [-0.39, 0.29) is 0 Å². The van der Waals surface area contributed by atoms with Gasteiger partial charge in [0.2, 0.25) is 0 Å². The average molecular weight is 395 g/mol. The van der Waals surface area contributed by atoms with E-state index in [1.54, 1.807) is 23.5 Å². The molecule has 0 saturated heterocycles. The van der Waals surface area contributed by atoms with Crippen LogP contribution in [0.3, 0.4) is 0 Å². The molecule has 2 rings (SSSR count). The SMILES string of the molecule is CC(NCCOc1cc(Cl)c(Br)cc1Cl)c1cccs1. The van der Waals surface area contributed by atoms with Crippen LogP contribution < -0.4 is 10.1 Å².